The largest absolute Gasteiger partial charge is 0.456 e. The van der Waals surface area contributed by atoms with E-state index < -0.39 is 0 Å². The molecule has 0 N–H and O–H groups in total. The number of hydrogen-bond donors (Lipinski definition) is 0. The molecule has 13 aromatic rings. The van der Waals surface area contributed by atoms with Gasteiger partial charge in [0.2, 0.25) is 5.95 Å². The number of aromatic nitrogens is 4. The number of hydrogen-bond acceptors (Lipinski definition) is 3. The summed E-state index contributed by atoms with van der Waals surface area (Å²) in [7, 11) is 0. The van der Waals surface area contributed by atoms with E-state index in [4.69, 9.17) is 14.4 Å². The minimum Gasteiger partial charge on any atom is -0.456 e. The quantitative estimate of drug-likeness (QED) is 0.180. The Morgan fingerprint density at radius 1 is 0.356 bits per heavy atom. The molecule has 0 atom stereocenters. The molecule has 0 amide bonds. The smallest absolute Gasteiger partial charge is 0.235 e. The zero-order valence-electron chi connectivity index (χ0n) is 31.7. The van der Waals surface area contributed by atoms with Crippen LogP contribution in [0.15, 0.2) is 199 Å². The topological polar surface area (TPSA) is 48.8 Å². The fourth-order valence-corrected chi connectivity index (χ4v) is 9.45. The molecule has 0 aliphatic heterocycles. The zero-order valence-corrected chi connectivity index (χ0v) is 31.7. The normalized spacial score (nSPS) is 12.1. The van der Waals surface area contributed by atoms with Gasteiger partial charge in [0.15, 0.2) is 0 Å². The molecule has 0 aliphatic rings. The van der Waals surface area contributed by atoms with Crippen molar-refractivity contribution in [3.63, 3.8) is 0 Å². The lowest BCUT2D eigenvalue weighted by atomic mass is 10.0. The van der Waals surface area contributed by atoms with Crippen molar-refractivity contribution in [1.82, 2.24) is 19.1 Å². The zero-order chi connectivity index (χ0) is 38.6. The molecule has 0 spiro atoms. The van der Waals surface area contributed by atoms with E-state index >= 15 is 0 Å². The molecule has 13 rings (SSSR count). The first-order chi connectivity index (χ1) is 29.2. The molecule has 5 heteroatoms. The lowest BCUT2D eigenvalue weighted by Crippen LogP contribution is -2.03. The van der Waals surface area contributed by atoms with E-state index in [1.54, 1.807) is 0 Å². The van der Waals surface area contributed by atoms with E-state index in [1.165, 1.54) is 38.1 Å². The van der Waals surface area contributed by atoms with E-state index in [-0.39, 0.29) is 0 Å². The van der Waals surface area contributed by atoms with Gasteiger partial charge in [0.1, 0.15) is 11.2 Å². The van der Waals surface area contributed by atoms with Crippen molar-refractivity contribution in [3.8, 4) is 34.0 Å². The Bertz CT molecular complexity index is 3850. The van der Waals surface area contributed by atoms with Gasteiger partial charge >= 0.3 is 0 Å². The van der Waals surface area contributed by atoms with Gasteiger partial charge in [-0.1, -0.05) is 121 Å². The van der Waals surface area contributed by atoms with Crippen LogP contribution in [0.4, 0.5) is 0 Å². The molecule has 0 unspecified atom stereocenters. The van der Waals surface area contributed by atoms with Crippen LogP contribution in [0.1, 0.15) is 0 Å². The minimum absolute atomic E-state index is 0.628. The molecular formula is C54H32N4O. The van der Waals surface area contributed by atoms with Crippen LogP contribution in [0, 0.1) is 0 Å². The Labute approximate surface area is 337 Å². The molecule has 4 aromatic heterocycles. The van der Waals surface area contributed by atoms with E-state index in [0.717, 1.165) is 77.2 Å². The fourth-order valence-electron chi connectivity index (χ4n) is 9.45. The van der Waals surface area contributed by atoms with Crippen LogP contribution in [-0.2, 0) is 0 Å². The van der Waals surface area contributed by atoms with E-state index in [2.05, 4.69) is 197 Å². The summed E-state index contributed by atoms with van der Waals surface area (Å²) < 4.78 is 11.1. The second-order valence-electron chi connectivity index (χ2n) is 15.4. The van der Waals surface area contributed by atoms with Gasteiger partial charge in [0.25, 0.3) is 0 Å². The first kappa shape index (κ1) is 32.1. The summed E-state index contributed by atoms with van der Waals surface area (Å²) in [5.41, 5.74) is 12.4. The third-order valence-corrected chi connectivity index (χ3v) is 12.1. The highest BCUT2D eigenvalue weighted by Crippen LogP contribution is 2.40. The molecule has 0 bridgehead atoms. The Balaban J connectivity index is 0.985. The maximum Gasteiger partial charge on any atom is 0.235 e. The van der Waals surface area contributed by atoms with Crippen LogP contribution in [0.3, 0.4) is 0 Å². The van der Waals surface area contributed by atoms with E-state index in [1.807, 2.05) is 6.07 Å². The van der Waals surface area contributed by atoms with Crippen molar-refractivity contribution in [2.24, 2.45) is 0 Å². The molecule has 4 heterocycles. The summed E-state index contributed by atoms with van der Waals surface area (Å²) in [6, 6.07) is 69.0. The predicted octanol–water partition coefficient (Wildman–Crippen LogP) is 14.2. The lowest BCUT2D eigenvalue weighted by Gasteiger charge is -2.12. The standard InChI is InChI=1S/C54H32N4O/c1-2-13-37(14-3-1)57-46-20-10-7-16-39(46)43-30-34(23-27-48(43)57)35-24-28-49-44(31-35)40-17-8-11-21-47(40)58(49)54-55-45-19-9-6-18-41(45)53(56-54)36-22-26-42-51(32-36)59-50-29-25-33-12-4-5-15-38(33)52(42)50/h1-32H. The van der Waals surface area contributed by atoms with Crippen molar-refractivity contribution in [1.29, 1.82) is 0 Å². The lowest BCUT2D eigenvalue weighted by molar-refractivity contribution is 0.669. The molecule has 274 valence electrons. The van der Waals surface area contributed by atoms with Crippen LogP contribution in [0.5, 0.6) is 0 Å². The van der Waals surface area contributed by atoms with E-state index in [9.17, 15) is 0 Å². The first-order valence-electron chi connectivity index (χ1n) is 20.0. The van der Waals surface area contributed by atoms with Gasteiger partial charge in [-0.3, -0.25) is 4.57 Å². The van der Waals surface area contributed by atoms with Crippen LogP contribution in [0.2, 0.25) is 0 Å². The molecule has 0 aliphatic carbocycles. The van der Waals surface area contributed by atoms with Gasteiger partial charge in [-0.05, 0) is 94.7 Å². The highest BCUT2D eigenvalue weighted by atomic mass is 16.3. The average molecular weight is 753 g/mol. The van der Waals surface area contributed by atoms with Gasteiger partial charge in [-0.15, -0.1) is 0 Å². The number of rotatable bonds is 4. The maximum absolute atomic E-state index is 6.52. The summed E-state index contributed by atoms with van der Waals surface area (Å²) in [6.45, 7) is 0. The second kappa shape index (κ2) is 12.2. The first-order valence-corrected chi connectivity index (χ1v) is 20.0. The van der Waals surface area contributed by atoms with Crippen molar-refractivity contribution in [2.75, 3.05) is 0 Å². The van der Waals surface area contributed by atoms with Gasteiger partial charge in [0, 0.05) is 49.0 Å². The Hall–Kier alpha value is -8.02. The van der Waals surface area contributed by atoms with Crippen molar-refractivity contribution in [2.45, 2.75) is 0 Å². The highest BCUT2D eigenvalue weighted by Gasteiger charge is 2.20. The van der Waals surface area contributed by atoms with Crippen LogP contribution in [0.25, 0.3) is 121 Å². The molecule has 0 radical (unpaired) electrons. The molecule has 59 heavy (non-hydrogen) atoms. The third kappa shape index (κ3) is 4.73. The fraction of sp³-hybridized carbons (Fsp3) is 0. The van der Waals surface area contributed by atoms with Crippen LogP contribution in [-0.4, -0.2) is 19.1 Å². The van der Waals surface area contributed by atoms with Gasteiger partial charge in [-0.2, -0.15) is 0 Å². The van der Waals surface area contributed by atoms with Gasteiger partial charge in [0.05, 0.1) is 33.3 Å². The SMILES string of the molecule is c1ccc(-n2c3ccccc3c3cc(-c4ccc5c(c4)c4ccccc4n5-c4nc(-c5ccc6c(c5)oc5ccc7ccccc7c56)c5ccccc5n4)ccc32)cc1. The third-order valence-electron chi connectivity index (χ3n) is 12.1. The molecular weight excluding hydrogens is 721 g/mol. The number of benzene rings is 9. The monoisotopic (exact) mass is 752 g/mol. The Morgan fingerprint density at radius 2 is 0.949 bits per heavy atom. The molecule has 0 saturated carbocycles. The van der Waals surface area contributed by atoms with Crippen molar-refractivity contribution >= 4 is 87.2 Å². The van der Waals surface area contributed by atoms with Crippen molar-refractivity contribution in [3.05, 3.63) is 194 Å². The molecule has 0 fully saturated rings. The summed E-state index contributed by atoms with van der Waals surface area (Å²) in [5, 5.41) is 10.4. The predicted molar refractivity (Wildman–Crippen MR) is 244 cm³/mol. The van der Waals surface area contributed by atoms with E-state index in [0.29, 0.717) is 5.95 Å². The molecule has 9 aromatic carbocycles. The summed E-state index contributed by atoms with van der Waals surface area (Å²) in [5.74, 6) is 0.628. The second-order valence-corrected chi connectivity index (χ2v) is 15.4. The molecule has 0 saturated heterocycles. The number of nitrogens with zero attached hydrogens (tertiary/aromatic N) is 4. The Kier molecular flexibility index (Phi) is 6.66. The summed E-state index contributed by atoms with van der Waals surface area (Å²) >= 11 is 0. The average Bonchev–Trinajstić information content (AvgIpc) is 3.96. The molecule has 5 nitrogen and oxygen atoms in total. The van der Waals surface area contributed by atoms with Crippen LogP contribution < -0.4 is 0 Å². The summed E-state index contributed by atoms with van der Waals surface area (Å²) in [4.78, 5) is 10.6. The maximum atomic E-state index is 6.52. The number of fused-ring (bicyclic) bond motifs is 12. The highest BCUT2D eigenvalue weighted by molar-refractivity contribution is 6.19. The van der Waals surface area contributed by atoms with Gasteiger partial charge < -0.3 is 8.98 Å². The summed E-state index contributed by atoms with van der Waals surface area (Å²) in [6.07, 6.45) is 0. The number of para-hydroxylation sites is 4. The van der Waals surface area contributed by atoms with Gasteiger partial charge in [-0.25, -0.2) is 9.97 Å². The van der Waals surface area contributed by atoms with Crippen molar-refractivity contribution < 1.29 is 4.42 Å². The Morgan fingerprint density at radius 3 is 1.71 bits per heavy atom. The number of furan rings is 1. The van der Waals surface area contributed by atoms with Crippen LogP contribution >= 0.6 is 0 Å². The minimum atomic E-state index is 0.628.